The van der Waals surface area contributed by atoms with Crippen molar-refractivity contribution in [1.82, 2.24) is 10.3 Å². The molecule has 0 fully saturated rings. The van der Waals surface area contributed by atoms with Gasteiger partial charge in [0, 0.05) is 24.1 Å². The Morgan fingerprint density at radius 1 is 1.23 bits per heavy atom. The van der Waals surface area contributed by atoms with Gasteiger partial charge in [-0.2, -0.15) is 0 Å². The van der Waals surface area contributed by atoms with Crippen LogP contribution >= 0.6 is 11.3 Å². The van der Waals surface area contributed by atoms with Crippen LogP contribution in [0.15, 0.2) is 35.7 Å². The number of anilines is 1. The van der Waals surface area contributed by atoms with Crippen LogP contribution in [0.1, 0.15) is 28.5 Å². The third kappa shape index (κ3) is 5.82. The standard InChI is InChI=1S/C18H19N3O4S/c1-3-25-16(23)10-14-11-26-18(20-14)21-15(22)9-6-12-4-7-13(8-5-12)17(24)19-2/h4-9,11H,3,10H2,1-2H3,(H,19,24)(H,20,21,22)/b9-6+. The van der Waals surface area contributed by atoms with Crippen molar-refractivity contribution in [2.75, 3.05) is 19.0 Å². The van der Waals surface area contributed by atoms with E-state index in [1.165, 1.54) is 17.4 Å². The molecule has 1 aromatic carbocycles. The molecule has 2 amide bonds. The first-order valence-corrected chi connectivity index (χ1v) is 8.81. The smallest absolute Gasteiger partial charge is 0.311 e. The van der Waals surface area contributed by atoms with Gasteiger partial charge in [0.15, 0.2) is 5.13 Å². The predicted molar refractivity (Wildman–Crippen MR) is 99.9 cm³/mol. The highest BCUT2D eigenvalue weighted by Crippen LogP contribution is 2.16. The molecular weight excluding hydrogens is 354 g/mol. The van der Waals surface area contributed by atoms with E-state index in [9.17, 15) is 14.4 Å². The molecule has 1 heterocycles. The fourth-order valence-electron chi connectivity index (χ4n) is 2.01. The Hall–Kier alpha value is -3.00. The Kier molecular flexibility index (Phi) is 7.04. The quantitative estimate of drug-likeness (QED) is 0.573. The summed E-state index contributed by atoms with van der Waals surface area (Å²) in [6.07, 6.45) is 3.09. The summed E-state index contributed by atoms with van der Waals surface area (Å²) in [5.74, 6) is -0.853. The van der Waals surface area contributed by atoms with Crippen molar-refractivity contribution in [3.63, 3.8) is 0 Å². The number of esters is 1. The molecule has 8 heteroatoms. The summed E-state index contributed by atoms with van der Waals surface area (Å²) >= 11 is 1.24. The normalized spacial score (nSPS) is 10.5. The molecular formula is C18H19N3O4S. The second-order valence-electron chi connectivity index (χ2n) is 5.15. The van der Waals surface area contributed by atoms with Crippen LogP contribution in [0.2, 0.25) is 0 Å². The van der Waals surface area contributed by atoms with Crippen molar-refractivity contribution < 1.29 is 19.1 Å². The molecule has 0 saturated heterocycles. The van der Waals surface area contributed by atoms with E-state index < -0.39 is 0 Å². The molecule has 0 unspecified atom stereocenters. The topological polar surface area (TPSA) is 97.4 Å². The van der Waals surface area contributed by atoms with Gasteiger partial charge in [0.05, 0.1) is 18.7 Å². The summed E-state index contributed by atoms with van der Waals surface area (Å²) in [4.78, 5) is 39.0. The molecule has 26 heavy (non-hydrogen) atoms. The van der Waals surface area contributed by atoms with Crippen molar-refractivity contribution in [3.05, 3.63) is 52.5 Å². The number of nitrogens with zero attached hydrogens (tertiary/aromatic N) is 1. The molecule has 0 atom stereocenters. The number of nitrogens with one attached hydrogen (secondary N) is 2. The molecule has 136 valence electrons. The van der Waals surface area contributed by atoms with Crippen molar-refractivity contribution in [1.29, 1.82) is 0 Å². The monoisotopic (exact) mass is 373 g/mol. The van der Waals surface area contributed by atoms with Crippen LogP contribution in [0.25, 0.3) is 6.08 Å². The molecule has 0 aliphatic heterocycles. The van der Waals surface area contributed by atoms with E-state index in [1.54, 1.807) is 49.7 Å². The van der Waals surface area contributed by atoms with Gasteiger partial charge >= 0.3 is 5.97 Å². The summed E-state index contributed by atoms with van der Waals surface area (Å²) in [6.45, 7) is 2.06. The first kappa shape index (κ1) is 19.3. The van der Waals surface area contributed by atoms with Crippen molar-refractivity contribution in [2.24, 2.45) is 0 Å². The van der Waals surface area contributed by atoms with Crippen LogP contribution in [0.5, 0.6) is 0 Å². The zero-order chi connectivity index (χ0) is 18.9. The molecule has 0 spiro atoms. The second kappa shape index (κ2) is 9.47. The number of hydrogen-bond acceptors (Lipinski definition) is 6. The lowest BCUT2D eigenvalue weighted by molar-refractivity contribution is -0.142. The Morgan fingerprint density at radius 2 is 1.96 bits per heavy atom. The molecule has 0 aliphatic rings. The number of hydrogen-bond donors (Lipinski definition) is 2. The maximum absolute atomic E-state index is 12.0. The Bertz CT molecular complexity index is 812. The molecule has 2 rings (SSSR count). The first-order valence-electron chi connectivity index (χ1n) is 7.93. The fourth-order valence-corrected chi connectivity index (χ4v) is 2.73. The Labute approximate surface area is 155 Å². The maximum Gasteiger partial charge on any atom is 0.311 e. The third-order valence-corrected chi connectivity index (χ3v) is 4.05. The summed E-state index contributed by atoms with van der Waals surface area (Å²) in [7, 11) is 1.57. The number of rotatable bonds is 7. The van der Waals surface area contributed by atoms with Gasteiger partial charge in [0.25, 0.3) is 5.91 Å². The van der Waals surface area contributed by atoms with Gasteiger partial charge in [-0.3, -0.25) is 19.7 Å². The highest BCUT2D eigenvalue weighted by atomic mass is 32.1. The van der Waals surface area contributed by atoms with E-state index in [-0.39, 0.29) is 24.2 Å². The number of aromatic nitrogens is 1. The van der Waals surface area contributed by atoms with Gasteiger partial charge in [0.2, 0.25) is 5.91 Å². The van der Waals surface area contributed by atoms with Crippen LogP contribution in [-0.2, 0) is 20.7 Å². The van der Waals surface area contributed by atoms with E-state index in [1.807, 2.05) is 0 Å². The lowest BCUT2D eigenvalue weighted by Crippen LogP contribution is -2.17. The van der Waals surface area contributed by atoms with Gasteiger partial charge in [0.1, 0.15) is 0 Å². The molecule has 2 N–H and O–H groups in total. The molecule has 0 aliphatic carbocycles. The average Bonchev–Trinajstić information content (AvgIpc) is 3.06. The maximum atomic E-state index is 12.0. The summed E-state index contributed by atoms with van der Waals surface area (Å²) in [6, 6.07) is 6.85. The van der Waals surface area contributed by atoms with Crippen molar-refractivity contribution in [2.45, 2.75) is 13.3 Å². The summed E-state index contributed by atoms with van der Waals surface area (Å²) < 4.78 is 4.86. The van der Waals surface area contributed by atoms with Gasteiger partial charge in [-0.05, 0) is 30.7 Å². The SMILES string of the molecule is CCOC(=O)Cc1csc(NC(=O)/C=C/c2ccc(C(=O)NC)cc2)n1. The zero-order valence-corrected chi connectivity index (χ0v) is 15.3. The van der Waals surface area contributed by atoms with Crippen molar-refractivity contribution in [3.8, 4) is 0 Å². The largest absolute Gasteiger partial charge is 0.466 e. The van der Waals surface area contributed by atoms with Crippen LogP contribution in [-0.4, -0.2) is 36.4 Å². The van der Waals surface area contributed by atoms with Crippen LogP contribution < -0.4 is 10.6 Å². The Balaban J connectivity index is 1.90. The van der Waals surface area contributed by atoms with Gasteiger partial charge in [-0.15, -0.1) is 11.3 Å². The van der Waals surface area contributed by atoms with Gasteiger partial charge in [-0.25, -0.2) is 4.98 Å². The molecule has 0 radical (unpaired) electrons. The number of amides is 2. The minimum absolute atomic E-state index is 0.0771. The second-order valence-corrected chi connectivity index (χ2v) is 6.01. The van der Waals surface area contributed by atoms with E-state index in [4.69, 9.17) is 4.74 Å². The number of carbonyl (C=O) groups is 3. The van der Waals surface area contributed by atoms with Crippen LogP contribution in [0, 0.1) is 0 Å². The van der Waals surface area contributed by atoms with E-state index in [2.05, 4.69) is 15.6 Å². The van der Waals surface area contributed by atoms with E-state index in [0.29, 0.717) is 23.0 Å². The number of carbonyl (C=O) groups excluding carboxylic acids is 3. The summed E-state index contributed by atoms with van der Waals surface area (Å²) in [5, 5.41) is 7.30. The molecule has 0 bridgehead atoms. The highest BCUT2D eigenvalue weighted by molar-refractivity contribution is 7.14. The lowest BCUT2D eigenvalue weighted by Gasteiger charge is -2.00. The third-order valence-electron chi connectivity index (χ3n) is 3.24. The van der Waals surface area contributed by atoms with Crippen LogP contribution in [0.4, 0.5) is 5.13 Å². The first-order chi connectivity index (χ1) is 12.5. The van der Waals surface area contributed by atoms with Gasteiger partial charge < -0.3 is 10.1 Å². The number of thiazole rings is 1. The predicted octanol–water partition coefficient (Wildman–Crippen LogP) is 2.26. The zero-order valence-electron chi connectivity index (χ0n) is 14.4. The lowest BCUT2D eigenvalue weighted by atomic mass is 10.1. The number of benzene rings is 1. The van der Waals surface area contributed by atoms with Crippen molar-refractivity contribution >= 4 is 40.3 Å². The number of ether oxygens (including phenoxy) is 1. The van der Waals surface area contributed by atoms with E-state index in [0.717, 1.165) is 5.56 Å². The van der Waals surface area contributed by atoms with Gasteiger partial charge in [-0.1, -0.05) is 12.1 Å². The minimum atomic E-state index is -0.351. The minimum Gasteiger partial charge on any atom is -0.466 e. The molecule has 1 aromatic heterocycles. The van der Waals surface area contributed by atoms with E-state index >= 15 is 0 Å². The molecule has 7 nitrogen and oxygen atoms in total. The Morgan fingerprint density at radius 3 is 2.62 bits per heavy atom. The highest BCUT2D eigenvalue weighted by Gasteiger charge is 2.09. The van der Waals surface area contributed by atoms with Crippen LogP contribution in [0.3, 0.4) is 0 Å². The molecule has 0 saturated carbocycles. The molecule has 2 aromatic rings. The fraction of sp³-hybridized carbons (Fsp3) is 0.222. The average molecular weight is 373 g/mol. The summed E-state index contributed by atoms with van der Waals surface area (Å²) in [5.41, 5.74) is 1.89.